The number of aryl methyl sites for hydroxylation is 1. The molecule has 0 radical (unpaired) electrons. The van der Waals surface area contributed by atoms with E-state index < -0.39 is 0 Å². The Morgan fingerprint density at radius 2 is 1.82 bits per heavy atom. The maximum atomic E-state index is 6.28. The Morgan fingerprint density at radius 1 is 1.06 bits per heavy atom. The molecule has 1 aliphatic carbocycles. The molecule has 0 spiro atoms. The molecule has 0 saturated carbocycles. The van der Waals surface area contributed by atoms with E-state index in [1.807, 2.05) is 11.8 Å². The van der Waals surface area contributed by atoms with Crippen LogP contribution in [-0.4, -0.2) is 34.6 Å². The lowest BCUT2D eigenvalue weighted by atomic mass is 9.97. The summed E-state index contributed by atoms with van der Waals surface area (Å²) < 4.78 is 0. The van der Waals surface area contributed by atoms with Gasteiger partial charge in [-0.25, -0.2) is 9.97 Å². The highest BCUT2D eigenvalue weighted by molar-refractivity contribution is 7.99. The zero-order valence-corrected chi connectivity index (χ0v) is 11.4. The number of anilines is 1. The molecule has 0 N–H and O–H groups in total. The Balaban J connectivity index is 1.92. The number of nitrogens with zero attached hydrogens (tertiary/aromatic N) is 3. The fraction of sp³-hybridized carbons (Fsp3) is 0.667. The molecule has 92 valence electrons. The average molecular weight is 270 g/mol. The fourth-order valence-corrected chi connectivity index (χ4v) is 3.62. The summed E-state index contributed by atoms with van der Waals surface area (Å²) in [6, 6.07) is 0. The highest BCUT2D eigenvalue weighted by Gasteiger charge is 2.20. The van der Waals surface area contributed by atoms with Crippen LogP contribution in [0.5, 0.6) is 0 Å². The van der Waals surface area contributed by atoms with Gasteiger partial charge in [0, 0.05) is 30.2 Å². The first-order valence-electron chi connectivity index (χ1n) is 6.22. The van der Waals surface area contributed by atoms with Crippen LogP contribution in [0.2, 0.25) is 5.15 Å². The first kappa shape index (κ1) is 11.6. The monoisotopic (exact) mass is 269 g/mol. The van der Waals surface area contributed by atoms with Crippen LogP contribution < -0.4 is 4.90 Å². The average Bonchev–Trinajstić information content (AvgIpc) is 2.40. The van der Waals surface area contributed by atoms with E-state index >= 15 is 0 Å². The first-order chi connectivity index (χ1) is 8.34. The van der Waals surface area contributed by atoms with Gasteiger partial charge < -0.3 is 4.90 Å². The molecule has 0 amide bonds. The van der Waals surface area contributed by atoms with Gasteiger partial charge in [-0.05, 0) is 25.7 Å². The van der Waals surface area contributed by atoms with Gasteiger partial charge in [0.25, 0.3) is 0 Å². The molecule has 1 aromatic heterocycles. The van der Waals surface area contributed by atoms with Gasteiger partial charge in [-0.1, -0.05) is 11.6 Å². The predicted octanol–water partition coefficient (Wildman–Crippen LogP) is 2.56. The zero-order valence-electron chi connectivity index (χ0n) is 9.78. The van der Waals surface area contributed by atoms with Crippen molar-refractivity contribution in [1.29, 1.82) is 0 Å². The standard InChI is InChI=1S/C12H16ClN3S/c13-11-9-3-1-2-4-10(9)14-12(15-11)16-5-7-17-8-6-16/h1-8H2. The van der Waals surface area contributed by atoms with Gasteiger partial charge in [-0.2, -0.15) is 11.8 Å². The molecule has 3 rings (SSSR count). The molecule has 1 aliphatic heterocycles. The van der Waals surface area contributed by atoms with E-state index in [-0.39, 0.29) is 0 Å². The SMILES string of the molecule is Clc1nc(N2CCSCC2)nc2c1CCCC2. The molecule has 0 bridgehead atoms. The summed E-state index contributed by atoms with van der Waals surface area (Å²) in [4.78, 5) is 11.5. The van der Waals surface area contributed by atoms with E-state index in [0.29, 0.717) is 5.15 Å². The molecule has 3 nitrogen and oxygen atoms in total. The van der Waals surface area contributed by atoms with E-state index in [0.717, 1.165) is 43.4 Å². The molecule has 0 unspecified atom stereocenters. The van der Waals surface area contributed by atoms with Gasteiger partial charge in [0.1, 0.15) is 5.15 Å². The Bertz CT molecular complexity index is 418. The summed E-state index contributed by atoms with van der Waals surface area (Å²) in [5, 5.41) is 0.683. The normalized spacial score (nSPS) is 20.2. The third-order valence-corrected chi connectivity index (χ3v) is 4.67. The quantitative estimate of drug-likeness (QED) is 0.733. The Hall–Kier alpha value is -0.480. The van der Waals surface area contributed by atoms with Crippen molar-refractivity contribution in [2.75, 3.05) is 29.5 Å². The molecule has 1 aromatic rings. The zero-order chi connectivity index (χ0) is 11.7. The van der Waals surface area contributed by atoms with Crippen LogP contribution in [0.1, 0.15) is 24.1 Å². The molecule has 0 aromatic carbocycles. The van der Waals surface area contributed by atoms with Crippen molar-refractivity contribution in [3.8, 4) is 0 Å². The highest BCUT2D eigenvalue weighted by atomic mass is 35.5. The van der Waals surface area contributed by atoms with Crippen LogP contribution in [0.3, 0.4) is 0 Å². The van der Waals surface area contributed by atoms with Crippen molar-refractivity contribution in [3.63, 3.8) is 0 Å². The predicted molar refractivity (Wildman–Crippen MR) is 73.2 cm³/mol. The second kappa shape index (κ2) is 5.02. The van der Waals surface area contributed by atoms with E-state index in [4.69, 9.17) is 16.6 Å². The number of hydrogen-bond donors (Lipinski definition) is 0. The summed E-state index contributed by atoms with van der Waals surface area (Å²) in [7, 11) is 0. The molecule has 1 fully saturated rings. The van der Waals surface area contributed by atoms with Crippen molar-refractivity contribution in [3.05, 3.63) is 16.4 Å². The summed E-state index contributed by atoms with van der Waals surface area (Å²) in [6.07, 6.45) is 4.56. The largest absolute Gasteiger partial charge is 0.339 e. The molecule has 2 aliphatic rings. The maximum absolute atomic E-state index is 6.28. The van der Waals surface area contributed by atoms with E-state index in [2.05, 4.69) is 9.88 Å². The number of rotatable bonds is 1. The summed E-state index contributed by atoms with van der Waals surface area (Å²) in [5.74, 6) is 3.17. The van der Waals surface area contributed by atoms with Crippen LogP contribution in [0, 0.1) is 0 Å². The molecule has 0 atom stereocenters. The number of hydrogen-bond acceptors (Lipinski definition) is 4. The Labute approximate surface area is 111 Å². The van der Waals surface area contributed by atoms with Gasteiger partial charge in [0.15, 0.2) is 0 Å². The van der Waals surface area contributed by atoms with Gasteiger partial charge >= 0.3 is 0 Å². The Morgan fingerprint density at radius 3 is 2.65 bits per heavy atom. The molecule has 17 heavy (non-hydrogen) atoms. The van der Waals surface area contributed by atoms with Crippen molar-refractivity contribution in [2.24, 2.45) is 0 Å². The van der Waals surface area contributed by atoms with Crippen molar-refractivity contribution >= 4 is 29.3 Å². The van der Waals surface area contributed by atoms with E-state index in [9.17, 15) is 0 Å². The van der Waals surface area contributed by atoms with Crippen molar-refractivity contribution in [1.82, 2.24) is 9.97 Å². The molecule has 1 saturated heterocycles. The lowest BCUT2D eigenvalue weighted by molar-refractivity contribution is 0.657. The fourth-order valence-electron chi connectivity index (χ4n) is 2.44. The summed E-state index contributed by atoms with van der Waals surface area (Å²) >= 11 is 8.28. The number of fused-ring (bicyclic) bond motifs is 1. The van der Waals surface area contributed by atoms with Crippen molar-refractivity contribution < 1.29 is 0 Å². The first-order valence-corrected chi connectivity index (χ1v) is 7.76. The van der Waals surface area contributed by atoms with Crippen LogP contribution >= 0.6 is 23.4 Å². The van der Waals surface area contributed by atoms with Crippen LogP contribution in [0.15, 0.2) is 0 Å². The lowest BCUT2D eigenvalue weighted by Crippen LogP contribution is -2.34. The molecule has 5 heteroatoms. The van der Waals surface area contributed by atoms with E-state index in [1.165, 1.54) is 24.1 Å². The van der Waals surface area contributed by atoms with Gasteiger partial charge in [-0.3, -0.25) is 0 Å². The van der Waals surface area contributed by atoms with Crippen LogP contribution in [-0.2, 0) is 12.8 Å². The minimum atomic E-state index is 0.683. The van der Waals surface area contributed by atoms with Gasteiger partial charge in [-0.15, -0.1) is 0 Å². The minimum Gasteiger partial charge on any atom is -0.339 e. The third kappa shape index (κ3) is 2.38. The second-order valence-corrected chi connectivity index (χ2v) is 6.13. The minimum absolute atomic E-state index is 0.683. The van der Waals surface area contributed by atoms with Gasteiger partial charge in [0.05, 0.1) is 5.69 Å². The van der Waals surface area contributed by atoms with E-state index in [1.54, 1.807) is 0 Å². The third-order valence-electron chi connectivity index (χ3n) is 3.41. The van der Waals surface area contributed by atoms with Crippen molar-refractivity contribution in [2.45, 2.75) is 25.7 Å². The number of halogens is 1. The van der Waals surface area contributed by atoms with Gasteiger partial charge in [0.2, 0.25) is 5.95 Å². The van der Waals surface area contributed by atoms with Crippen LogP contribution in [0.25, 0.3) is 0 Å². The second-order valence-electron chi connectivity index (χ2n) is 4.55. The topological polar surface area (TPSA) is 29.0 Å². The summed E-state index contributed by atoms with van der Waals surface area (Å²) in [6.45, 7) is 2.08. The smallest absolute Gasteiger partial charge is 0.227 e. The number of aromatic nitrogens is 2. The Kier molecular flexibility index (Phi) is 3.43. The molecule has 2 heterocycles. The highest BCUT2D eigenvalue weighted by Crippen LogP contribution is 2.28. The lowest BCUT2D eigenvalue weighted by Gasteiger charge is -2.27. The number of thioether (sulfide) groups is 1. The molecular weight excluding hydrogens is 254 g/mol. The molecular formula is C12H16ClN3S. The summed E-state index contributed by atoms with van der Waals surface area (Å²) in [5.41, 5.74) is 2.37. The van der Waals surface area contributed by atoms with Crippen LogP contribution in [0.4, 0.5) is 5.95 Å². The maximum Gasteiger partial charge on any atom is 0.227 e.